The molecule has 0 saturated carbocycles. The fourth-order valence-electron chi connectivity index (χ4n) is 2.74. The van der Waals surface area contributed by atoms with Gasteiger partial charge in [-0.2, -0.15) is 0 Å². The van der Waals surface area contributed by atoms with Gasteiger partial charge < -0.3 is 5.73 Å². The van der Waals surface area contributed by atoms with Crippen LogP contribution in [0.25, 0.3) is 0 Å². The Bertz CT molecular complexity index is 910. The van der Waals surface area contributed by atoms with E-state index in [-0.39, 0.29) is 18.3 Å². The third kappa shape index (κ3) is 5.55. The van der Waals surface area contributed by atoms with Crippen LogP contribution >= 0.6 is 35.3 Å². The van der Waals surface area contributed by atoms with Crippen LogP contribution in [-0.2, 0) is 11.2 Å². The maximum absolute atomic E-state index is 13.1. The quantitative estimate of drug-likeness (QED) is 0.584. The van der Waals surface area contributed by atoms with Gasteiger partial charge in [0.05, 0.1) is 0 Å². The van der Waals surface area contributed by atoms with Crippen molar-refractivity contribution in [3.63, 3.8) is 0 Å². The first-order valence-electron chi connectivity index (χ1n) is 8.74. The second kappa shape index (κ2) is 10.0. The third-order valence-electron chi connectivity index (χ3n) is 4.35. The molecule has 2 aromatic carbocycles. The van der Waals surface area contributed by atoms with E-state index in [1.165, 1.54) is 22.5 Å². The summed E-state index contributed by atoms with van der Waals surface area (Å²) in [6, 6.07) is 14.6. The zero-order valence-corrected chi connectivity index (χ0v) is 18.2. The van der Waals surface area contributed by atoms with E-state index in [2.05, 4.69) is 36.2 Å². The zero-order valence-electron chi connectivity index (χ0n) is 15.8. The van der Waals surface area contributed by atoms with Crippen LogP contribution in [0.2, 0.25) is 5.02 Å². The summed E-state index contributed by atoms with van der Waals surface area (Å²) in [4.78, 5) is 20.3. The van der Waals surface area contributed by atoms with Gasteiger partial charge in [0.15, 0.2) is 5.13 Å². The van der Waals surface area contributed by atoms with Crippen molar-refractivity contribution < 1.29 is 4.79 Å². The highest BCUT2D eigenvalue weighted by Crippen LogP contribution is 2.25. The van der Waals surface area contributed by atoms with Crippen LogP contribution in [-0.4, -0.2) is 17.4 Å². The summed E-state index contributed by atoms with van der Waals surface area (Å²) >= 11 is 7.44. The van der Waals surface area contributed by atoms with Crippen LogP contribution in [0.5, 0.6) is 0 Å². The van der Waals surface area contributed by atoms with Gasteiger partial charge in [-0.25, -0.2) is 4.98 Å². The molecule has 4 nitrogen and oxygen atoms in total. The molecule has 0 bridgehead atoms. The number of carbonyl (C=O) groups is 1. The minimum Gasteiger partial charge on any atom is -0.316 e. The highest BCUT2D eigenvalue weighted by atomic mass is 35.5. The number of amides is 1. The van der Waals surface area contributed by atoms with Gasteiger partial charge in [0.2, 0.25) is 5.91 Å². The van der Waals surface area contributed by atoms with Crippen LogP contribution in [0.1, 0.15) is 27.6 Å². The second-order valence-electron chi connectivity index (χ2n) is 6.51. The topological polar surface area (TPSA) is 59.2 Å². The Hall–Kier alpha value is -1.92. The molecule has 0 aliphatic heterocycles. The smallest absolute Gasteiger partial charge is 0.250 e. The summed E-state index contributed by atoms with van der Waals surface area (Å²) in [6.45, 7) is 4.56. The van der Waals surface area contributed by atoms with Crippen molar-refractivity contribution in [2.75, 3.05) is 11.4 Å². The van der Waals surface area contributed by atoms with Crippen LogP contribution in [0.4, 0.5) is 5.13 Å². The van der Waals surface area contributed by atoms with E-state index in [1.807, 2.05) is 6.92 Å². The molecule has 1 aromatic heterocycles. The van der Waals surface area contributed by atoms with Crippen molar-refractivity contribution in [2.24, 2.45) is 5.73 Å². The van der Waals surface area contributed by atoms with Crippen LogP contribution < -0.4 is 10.6 Å². The maximum Gasteiger partial charge on any atom is 0.250 e. The normalized spacial score (nSPS) is 11.6. The second-order valence-corrected chi connectivity index (χ2v) is 8.16. The summed E-state index contributed by atoms with van der Waals surface area (Å²) in [5, 5.41) is 1.29. The van der Waals surface area contributed by atoms with Crippen molar-refractivity contribution in [2.45, 2.75) is 26.3 Å². The van der Waals surface area contributed by atoms with Gasteiger partial charge >= 0.3 is 0 Å². The number of thiazole rings is 1. The van der Waals surface area contributed by atoms with E-state index in [4.69, 9.17) is 17.3 Å². The Labute approximate surface area is 180 Å². The van der Waals surface area contributed by atoms with E-state index < -0.39 is 6.04 Å². The number of hydrogen-bond donors (Lipinski definition) is 1. The molecular formula is C21H23Cl2N3OS. The number of nitrogens with zero attached hydrogens (tertiary/aromatic N) is 2. The van der Waals surface area contributed by atoms with Gasteiger partial charge in [-0.05, 0) is 43.5 Å². The third-order valence-corrected chi connectivity index (χ3v) is 5.53. The number of anilines is 1. The van der Waals surface area contributed by atoms with Crippen LogP contribution in [0.15, 0.2) is 54.7 Å². The van der Waals surface area contributed by atoms with Crippen molar-refractivity contribution in [3.8, 4) is 0 Å². The average Bonchev–Trinajstić information content (AvgIpc) is 3.09. The predicted octanol–water partition coefficient (Wildman–Crippen LogP) is 5.11. The first kappa shape index (κ1) is 22.4. The van der Waals surface area contributed by atoms with E-state index in [1.54, 1.807) is 35.4 Å². The highest BCUT2D eigenvalue weighted by Gasteiger charge is 2.25. The number of rotatable bonds is 6. The van der Waals surface area contributed by atoms with Crippen molar-refractivity contribution >= 4 is 46.4 Å². The largest absolute Gasteiger partial charge is 0.316 e. The molecule has 0 aliphatic rings. The maximum atomic E-state index is 13.1. The molecule has 7 heteroatoms. The van der Waals surface area contributed by atoms with E-state index in [9.17, 15) is 4.79 Å². The Morgan fingerprint density at radius 1 is 1.14 bits per heavy atom. The Balaban J connectivity index is 0.00000280. The number of halogens is 2. The number of benzene rings is 2. The molecule has 0 aliphatic carbocycles. The number of aromatic nitrogens is 1. The van der Waals surface area contributed by atoms with Gasteiger partial charge in [-0.15, -0.1) is 23.7 Å². The number of aryl methyl sites for hydroxylation is 2. The fraction of sp³-hybridized carbons (Fsp3) is 0.238. The van der Waals surface area contributed by atoms with Crippen molar-refractivity contribution in [3.05, 3.63) is 81.3 Å². The lowest BCUT2D eigenvalue weighted by atomic mass is 10.1. The van der Waals surface area contributed by atoms with Gasteiger partial charge in [-0.3, -0.25) is 9.69 Å². The first-order valence-corrected chi connectivity index (χ1v) is 9.94. The minimum atomic E-state index is -0.760. The van der Waals surface area contributed by atoms with E-state index in [0.29, 0.717) is 16.7 Å². The number of carbonyl (C=O) groups excluding carboxylic acids is 1. The molecule has 2 N–H and O–H groups in total. The highest BCUT2D eigenvalue weighted by molar-refractivity contribution is 7.15. The molecule has 1 heterocycles. The Kier molecular flexibility index (Phi) is 8.01. The van der Waals surface area contributed by atoms with Gasteiger partial charge in [0.25, 0.3) is 0 Å². The summed E-state index contributed by atoms with van der Waals surface area (Å²) in [5.41, 5.74) is 9.39. The van der Waals surface area contributed by atoms with Crippen LogP contribution in [0, 0.1) is 13.8 Å². The van der Waals surface area contributed by atoms with Gasteiger partial charge in [0, 0.05) is 22.6 Å². The first-order chi connectivity index (χ1) is 12.9. The SMILES string of the molecule is Cc1ccc(CCN(C(=O)C(N)c2ccc(Cl)cc2)c2ncc(C)s2)cc1.Cl. The number of hydrogen-bond acceptors (Lipinski definition) is 4. The zero-order chi connectivity index (χ0) is 19.4. The molecule has 3 aromatic rings. The lowest BCUT2D eigenvalue weighted by molar-refractivity contribution is -0.120. The molecule has 1 atom stereocenters. The number of nitrogens with two attached hydrogens (primary N) is 1. The standard InChI is InChI=1S/C21H22ClN3OS.ClH/c1-14-3-5-16(6-4-14)11-12-25(21-24-13-15(2)27-21)20(26)19(23)17-7-9-18(22)10-8-17;/h3-10,13,19H,11-12,23H2,1-2H3;1H. The summed E-state index contributed by atoms with van der Waals surface area (Å²) < 4.78 is 0. The van der Waals surface area contributed by atoms with Crippen LogP contribution in [0.3, 0.4) is 0 Å². The molecule has 0 fully saturated rings. The predicted molar refractivity (Wildman–Crippen MR) is 120 cm³/mol. The molecule has 148 valence electrons. The summed E-state index contributed by atoms with van der Waals surface area (Å²) in [6.07, 6.45) is 2.51. The molecular weight excluding hydrogens is 413 g/mol. The molecule has 0 saturated heterocycles. The Morgan fingerprint density at radius 3 is 2.36 bits per heavy atom. The molecule has 1 unspecified atom stereocenters. The monoisotopic (exact) mass is 435 g/mol. The van der Waals surface area contributed by atoms with Crippen molar-refractivity contribution in [1.82, 2.24) is 4.98 Å². The molecule has 0 radical (unpaired) electrons. The molecule has 1 amide bonds. The molecule has 28 heavy (non-hydrogen) atoms. The lowest BCUT2D eigenvalue weighted by Crippen LogP contribution is -2.40. The lowest BCUT2D eigenvalue weighted by Gasteiger charge is -2.24. The van der Waals surface area contributed by atoms with Gasteiger partial charge in [-0.1, -0.05) is 53.6 Å². The summed E-state index contributed by atoms with van der Waals surface area (Å²) in [7, 11) is 0. The molecule has 3 rings (SSSR count). The van der Waals surface area contributed by atoms with E-state index >= 15 is 0 Å². The van der Waals surface area contributed by atoms with Gasteiger partial charge in [0.1, 0.15) is 6.04 Å². The molecule has 0 spiro atoms. The minimum absolute atomic E-state index is 0. The van der Waals surface area contributed by atoms with Crippen molar-refractivity contribution in [1.29, 1.82) is 0 Å². The average molecular weight is 436 g/mol. The summed E-state index contributed by atoms with van der Waals surface area (Å²) in [5.74, 6) is -0.168. The van der Waals surface area contributed by atoms with E-state index in [0.717, 1.165) is 16.9 Å². The Morgan fingerprint density at radius 2 is 1.79 bits per heavy atom. The fourth-order valence-corrected chi connectivity index (χ4v) is 3.66.